The van der Waals surface area contributed by atoms with Crippen molar-refractivity contribution in [2.24, 2.45) is 5.14 Å². The molecular weight excluding hydrogens is 208 g/mol. The zero-order valence-corrected chi connectivity index (χ0v) is 10.3. The van der Waals surface area contributed by atoms with Crippen LogP contribution >= 0.6 is 0 Å². The highest BCUT2D eigenvalue weighted by molar-refractivity contribution is 7.83. The molecule has 3 nitrogen and oxygen atoms in total. The maximum atomic E-state index is 11.1. The summed E-state index contributed by atoms with van der Waals surface area (Å²) in [6.07, 6.45) is 2.62. The van der Waals surface area contributed by atoms with Crippen molar-refractivity contribution in [3.63, 3.8) is 0 Å². The monoisotopic (exact) mass is 226 g/mol. The Morgan fingerprint density at radius 2 is 2.20 bits per heavy atom. The predicted octanol–water partition coefficient (Wildman–Crippen LogP) is 1.89. The Morgan fingerprint density at radius 1 is 1.53 bits per heavy atom. The third kappa shape index (κ3) is 3.39. The Morgan fingerprint density at radius 3 is 2.73 bits per heavy atom. The summed E-state index contributed by atoms with van der Waals surface area (Å²) >= 11 is 0. The summed E-state index contributed by atoms with van der Waals surface area (Å²) in [6, 6.07) is 4.00. The van der Waals surface area contributed by atoms with Crippen molar-refractivity contribution in [1.82, 2.24) is 4.98 Å². The van der Waals surface area contributed by atoms with E-state index in [9.17, 15) is 4.21 Å². The second kappa shape index (κ2) is 5.37. The molecule has 0 amide bonds. The number of aromatic nitrogens is 1. The third-order valence-corrected chi connectivity index (χ3v) is 3.65. The fraction of sp³-hybridized carbons (Fsp3) is 0.545. The van der Waals surface area contributed by atoms with Gasteiger partial charge in [0.15, 0.2) is 0 Å². The van der Waals surface area contributed by atoms with E-state index < -0.39 is 11.0 Å². The topological polar surface area (TPSA) is 56.0 Å². The number of nitrogens with two attached hydrogens (primary N) is 1. The maximum absolute atomic E-state index is 11.1. The van der Waals surface area contributed by atoms with E-state index in [4.69, 9.17) is 5.14 Å². The normalized spacial score (nSPS) is 17.1. The molecule has 1 rings (SSSR count). The fourth-order valence-corrected chi connectivity index (χ4v) is 2.22. The van der Waals surface area contributed by atoms with Crippen LogP contribution in [-0.4, -0.2) is 14.4 Å². The standard InChI is InChI=1S/C11H18N2OS/c1-8(7-9(2)15(12)14)11-5-4-6-13-10(11)3/h4-6,8-9H,7,12H2,1-3H3/t8-,9?,15?/m1/s1. The SMILES string of the molecule is Cc1ncccc1[C@H](C)CC(C)S(N)=O. The maximum Gasteiger partial charge on any atom is 0.0917 e. The molecule has 0 radical (unpaired) electrons. The lowest BCUT2D eigenvalue weighted by molar-refractivity contribution is 0.632. The van der Waals surface area contributed by atoms with E-state index in [1.54, 1.807) is 6.20 Å². The zero-order valence-electron chi connectivity index (χ0n) is 9.43. The van der Waals surface area contributed by atoms with Crippen LogP contribution in [-0.2, 0) is 11.0 Å². The average Bonchev–Trinajstić information content (AvgIpc) is 2.18. The first-order valence-corrected chi connectivity index (χ1v) is 6.36. The molecule has 0 bridgehead atoms. The minimum absolute atomic E-state index is 0.0274. The number of nitrogens with zero attached hydrogens (tertiary/aromatic N) is 1. The smallest absolute Gasteiger partial charge is 0.0917 e. The molecule has 2 unspecified atom stereocenters. The summed E-state index contributed by atoms with van der Waals surface area (Å²) in [7, 11) is -1.23. The molecule has 84 valence electrons. The second-order valence-corrected chi connectivity index (χ2v) is 5.42. The molecule has 0 aliphatic heterocycles. The van der Waals surface area contributed by atoms with Gasteiger partial charge in [-0.05, 0) is 37.8 Å². The van der Waals surface area contributed by atoms with Crippen LogP contribution in [0.5, 0.6) is 0 Å². The van der Waals surface area contributed by atoms with Crippen LogP contribution in [0.2, 0.25) is 0 Å². The van der Waals surface area contributed by atoms with Crippen LogP contribution < -0.4 is 5.14 Å². The van der Waals surface area contributed by atoms with E-state index in [1.807, 2.05) is 19.9 Å². The summed E-state index contributed by atoms with van der Waals surface area (Å²) in [6.45, 7) is 6.03. The first kappa shape index (κ1) is 12.3. The Bertz CT molecular complexity index is 354. The van der Waals surface area contributed by atoms with Gasteiger partial charge in [-0.2, -0.15) is 0 Å². The Balaban J connectivity index is 2.73. The van der Waals surface area contributed by atoms with Crippen LogP contribution in [0, 0.1) is 6.92 Å². The summed E-state index contributed by atoms with van der Waals surface area (Å²) in [5.74, 6) is 0.348. The molecule has 0 fully saturated rings. The minimum Gasteiger partial charge on any atom is -0.261 e. The Labute approximate surface area is 93.7 Å². The van der Waals surface area contributed by atoms with Gasteiger partial charge < -0.3 is 0 Å². The highest BCUT2D eigenvalue weighted by Gasteiger charge is 2.15. The molecular formula is C11H18N2OS. The zero-order chi connectivity index (χ0) is 11.4. The summed E-state index contributed by atoms with van der Waals surface area (Å²) in [4.78, 5) is 4.25. The molecule has 1 aromatic rings. The third-order valence-electron chi connectivity index (χ3n) is 2.66. The molecule has 1 aromatic heterocycles. The number of hydrogen-bond donors (Lipinski definition) is 1. The first-order chi connectivity index (χ1) is 7.02. The van der Waals surface area contributed by atoms with Gasteiger partial charge in [0.2, 0.25) is 0 Å². The van der Waals surface area contributed by atoms with E-state index in [-0.39, 0.29) is 5.25 Å². The molecule has 0 aliphatic carbocycles. The minimum atomic E-state index is -1.23. The van der Waals surface area contributed by atoms with Crippen LogP contribution in [0.15, 0.2) is 18.3 Å². The molecule has 2 N–H and O–H groups in total. The van der Waals surface area contributed by atoms with Gasteiger partial charge >= 0.3 is 0 Å². The van der Waals surface area contributed by atoms with E-state index in [1.165, 1.54) is 5.56 Å². The lowest BCUT2D eigenvalue weighted by Gasteiger charge is -2.16. The van der Waals surface area contributed by atoms with Crippen LogP contribution in [0.1, 0.15) is 37.4 Å². The Hall–Kier alpha value is -0.740. The lowest BCUT2D eigenvalue weighted by Crippen LogP contribution is -2.20. The summed E-state index contributed by atoms with van der Waals surface area (Å²) < 4.78 is 11.1. The number of rotatable bonds is 4. The lowest BCUT2D eigenvalue weighted by atomic mass is 9.95. The molecule has 0 aliphatic rings. The summed E-state index contributed by atoms with van der Waals surface area (Å²) in [5.41, 5.74) is 2.26. The molecule has 15 heavy (non-hydrogen) atoms. The largest absolute Gasteiger partial charge is 0.261 e. The predicted molar refractivity (Wildman–Crippen MR) is 63.8 cm³/mol. The van der Waals surface area contributed by atoms with Gasteiger partial charge in [0, 0.05) is 17.1 Å². The average molecular weight is 226 g/mol. The van der Waals surface area contributed by atoms with Gasteiger partial charge in [-0.3, -0.25) is 10.1 Å². The van der Waals surface area contributed by atoms with Crippen molar-refractivity contribution >= 4 is 11.0 Å². The van der Waals surface area contributed by atoms with Gasteiger partial charge in [0.05, 0.1) is 11.0 Å². The molecule has 0 spiro atoms. The highest BCUT2D eigenvalue weighted by Crippen LogP contribution is 2.23. The van der Waals surface area contributed by atoms with Crippen molar-refractivity contribution in [2.75, 3.05) is 0 Å². The van der Waals surface area contributed by atoms with E-state index >= 15 is 0 Å². The quantitative estimate of drug-likeness (QED) is 0.852. The van der Waals surface area contributed by atoms with Crippen LogP contribution in [0.25, 0.3) is 0 Å². The van der Waals surface area contributed by atoms with E-state index in [0.717, 1.165) is 12.1 Å². The molecule has 1 heterocycles. The molecule has 3 atom stereocenters. The molecule has 0 saturated heterocycles. The summed E-state index contributed by atoms with van der Waals surface area (Å²) in [5, 5.41) is 5.38. The molecule has 0 aromatic carbocycles. The van der Waals surface area contributed by atoms with E-state index in [0.29, 0.717) is 5.92 Å². The van der Waals surface area contributed by atoms with Gasteiger partial charge in [-0.25, -0.2) is 4.21 Å². The molecule has 0 saturated carbocycles. The van der Waals surface area contributed by atoms with Crippen LogP contribution in [0.3, 0.4) is 0 Å². The van der Waals surface area contributed by atoms with Crippen molar-refractivity contribution < 1.29 is 4.21 Å². The fourth-order valence-electron chi connectivity index (χ4n) is 1.74. The number of hydrogen-bond acceptors (Lipinski definition) is 2. The van der Waals surface area contributed by atoms with Crippen molar-refractivity contribution in [1.29, 1.82) is 0 Å². The number of pyridine rings is 1. The van der Waals surface area contributed by atoms with Gasteiger partial charge in [-0.1, -0.05) is 13.0 Å². The van der Waals surface area contributed by atoms with Crippen LogP contribution in [0.4, 0.5) is 0 Å². The van der Waals surface area contributed by atoms with Crippen molar-refractivity contribution in [3.05, 3.63) is 29.6 Å². The second-order valence-electron chi connectivity index (χ2n) is 3.95. The van der Waals surface area contributed by atoms with Crippen molar-refractivity contribution in [2.45, 2.75) is 38.4 Å². The molecule has 4 heteroatoms. The van der Waals surface area contributed by atoms with Gasteiger partial charge in [0.25, 0.3) is 0 Å². The van der Waals surface area contributed by atoms with Gasteiger partial charge in [-0.15, -0.1) is 0 Å². The van der Waals surface area contributed by atoms with Gasteiger partial charge in [0.1, 0.15) is 0 Å². The first-order valence-electron chi connectivity index (χ1n) is 5.09. The highest BCUT2D eigenvalue weighted by atomic mass is 32.2. The van der Waals surface area contributed by atoms with E-state index in [2.05, 4.69) is 18.0 Å². The Kier molecular flexibility index (Phi) is 4.42. The van der Waals surface area contributed by atoms with Crippen molar-refractivity contribution in [3.8, 4) is 0 Å². The number of aryl methyl sites for hydroxylation is 1.